The molecule has 1 atom stereocenters. The first-order valence-electron chi connectivity index (χ1n) is 3.28. The zero-order valence-electron chi connectivity index (χ0n) is 5.59. The second kappa shape index (κ2) is 4.04. The fourth-order valence-corrected chi connectivity index (χ4v) is 2.84. The van der Waals surface area contributed by atoms with Gasteiger partial charge < -0.3 is 0 Å². The van der Waals surface area contributed by atoms with Gasteiger partial charge in [0.1, 0.15) is 0 Å². The quantitative estimate of drug-likeness (QED) is 0.660. The molecule has 1 nitrogen and oxygen atoms in total. The summed E-state index contributed by atoms with van der Waals surface area (Å²) in [7, 11) is 2.27. The highest BCUT2D eigenvalue weighted by molar-refractivity contribution is 7.88. The summed E-state index contributed by atoms with van der Waals surface area (Å²) in [5.41, 5.74) is 0. The number of unbranched alkanes of at least 4 members (excludes halogenated alkanes) is 1. The van der Waals surface area contributed by atoms with Crippen LogP contribution in [-0.4, -0.2) is 4.75 Å². The van der Waals surface area contributed by atoms with Gasteiger partial charge in [0.2, 0.25) is 0 Å². The van der Waals surface area contributed by atoms with Gasteiger partial charge in [0, 0.05) is 11.5 Å². The number of aryl methyl sites for hydroxylation is 1. The van der Waals surface area contributed by atoms with E-state index in [9.17, 15) is 0 Å². The van der Waals surface area contributed by atoms with Gasteiger partial charge in [-0.2, -0.15) is 0 Å². The standard InChI is InChI=1S/C6H11NP2/c1-2-3-4-6-5-7-9-8-6/h5,9H,2-4H2,1H3. The van der Waals surface area contributed by atoms with Gasteiger partial charge in [0.15, 0.2) is 0 Å². The first-order valence-corrected chi connectivity index (χ1v) is 5.96. The largest absolute Gasteiger partial charge is 0.244 e. The summed E-state index contributed by atoms with van der Waals surface area (Å²) in [6, 6.07) is 0. The lowest BCUT2D eigenvalue weighted by atomic mass is 10.2. The maximum Gasteiger partial charge on any atom is 0.0391 e. The Morgan fingerprint density at radius 3 is 3.22 bits per heavy atom. The predicted octanol–water partition coefficient (Wildman–Crippen LogP) is 3.04. The fourth-order valence-electron chi connectivity index (χ4n) is 0.704. The van der Waals surface area contributed by atoms with Crippen molar-refractivity contribution in [2.45, 2.75) is 26.2 Å². The van der Waals surface area contributed by atoms with Crippen LogP contribution >= 0.6 is 15.9 Å². The van der Waals surface area contributed by atoms with E-state index in [4.69, 9.17) is 0 Å². The smallest absolute Gasteiger partial charge is 0.0391 e. The lowest BCUT2D eigenvalue weighted by molar-refractivity contribution is 0.803. The molecule has 0 bridgehead atoms. The van der Waals surface area contributed by atoms with Gasteiger partial charge in [0.05, 0.1) is 0 Å². The summed E-state index contributed by atoms with van der Waals surface area (Å²) in [5, 5.41) is 1.54. The first kappa shape index (κ1) is 7.25. The maximum atomic E-state index is 4.17. The van der Waals surface area contributed by atoms with Crippen molar-refractivity contribution in [3.63, 3.8) is 0 Å². The molecule has 0 saturated heterocycles. The average Bonchev–Trinajstić information content (AvgIpc) is 2.34. The molecule has 1 rings (SSSR count). The highest BCUT2D eigenvalue weighted by Gasteiger charge is 1.90. The van der Waals surface area contributed by atoms with E-state index in [1.807, 2.05) is 0 Å². The van der Waals surface area contributed by atoms with Gasteiger partial charge in [-0.05, 0) is 28.7 Å². The molecule has 0 aliphatic carbocycles. The fraction of sp³-hybridized carbons (Fsp3) is 0.667. The molecule has 1 heterocycles. The van der Waals surface area contributed by atoms with Crippen molar-refractivity contribution < 1.29 is 0 Å². The molecule has 0 aliphatic heterocycles. The zero-order valence-corrected chi connectivity index (χ0v) is 7.49. The lowest BCUT2D eigenvalue weighted by Gasteiger charge is -1.89. The molecule has 0 fully saturated rings. The summed E-state index contributed by atoms with van der Waals surface area (Å²) in [6.07, 6.45) is 5.96. The van der Waals surface area contributed by atoms with E-state index in [1.54, 1.807) is 0 Å². The number of aromatic nitrogens is 1. The topological polar surface area (TPSA) is 12.9 Å². The van der Waals surface area contributed by atoms with Crippen molar-refractivity contribution >= 4 is 15.9 Å². The van der Waals surface area contributed by atoms with Crippen LogP contribution in [0.4, 0.5) is 0 Å². The van der Waals surface area contributed by atoms with Crippen LogP contribution in [0.25, 0.3) is 0 Å². The predicted molar refractivity (Wildman–Crippen MR) is 44.9 cm³/mol. The Morgan fingerprint density at radius 2 is 2.67 bits per heavy atom. The Kier molecular flexibility index (Phi) is 3.25. The van der Waals surface area contributed by atoms with Crippen molar-refractivity contribution in [3.8, 4) is 0 Å². The van der Waals surface area contributed by atoms with E-state index in [0.29, 0.717) is 0 Å². The monoisotopic (exact) mass is 159 g/mol. The number of nitrogens with zero attached hydrogens (tertiary/aromatic N) is 1. The van der Waals surface area contributed by atoms with Gasteiger partial charge in [-0.3, -0.25) is 0 Å². The number of rotatable bonds is 3. The summed E-state index contributed by atoms with van der Waals surface area (Å²) in [4.78, 5) is 0. The van der Waals surface area contributed by atoms with Crippen molar-refractivity contribution in [3.05, 3.63) is 11.5 Å². The van der Waals surface area contributed by atoms with Crippen LogP contribution in [-0.2, 0) is 6.42 Å². The minimum atomic E-state index is 0.805. The lowest BCUT2D eigenvalue weighted by Crippen LogP contribution is -1.75. The van der Waals surface area contributed by atoms with Gasteiger partial charge in [0.25, 0.3) is 0 Å². The molecular formula is C6H11NP2. The minimum absolute atomic E-state index is 0.805. The highest BCUT2D eigenvalue weighted by atomic mass is 31.8. The molecule has 1 aromatic heterocycles. The Hall–Kier alpha value is 0.140. The molecule has 0 spiro atoms. The molecule has 0 amide bonds. The van der Waals surface area contributed by atoms with Crippen LogP contribution in [0, 0.1) is 0 Å². The molecule has 1 aromatic rings. The summed E-state index contributed by atoms with van der Waals surface area (Å²) in [5.74, 6) is 0. The van der Waals surface area contributed by atoms with Crippen LogP contribution < -0.4 is 0 Å². The van der Waals surface area contributed by atoms with Crippen LogP contribution in [0.2, 0.25) is 0 Å². The van der Waals surface area contributed by atoms with Crippen molar-refractivity contribution in [2.24, 2.45) is 0 Å². The summed E-state index contributed by atoms with van der Waals surface area (Å²) < 4.78 is 4.17. The molecule has 0 radical (unpaired) electrons. The molecule has 0 N–H and O–H groups in total. The van der Waals surface area contributed by atoms with E-state index >= 15 is 0 Å². The Bertz CT molecular complexity index is 148. The normalized spacial score (nSPS) is 11.7. The second-order valence-corrected chi connectivity index (χ2v) is 4.59. The SMILES string of the molecule is CCCCc1cn[pH]p1. The second-order valence-electron chi connectivity index (χ2n) is 2.06. The number of hydrogen-bond donors (Lipinski definition) is 0. The summed E-state index contributed by atoms with van der Waals surface area (Å²) >= 11 is 0. The third-order valence-electron chi connectivity index (χ3n) is 1.25. The maximum absolute atomic E-state index is 4.17. The van der Waals surface area contributed by atoms with Crippen molar-refractivity contribution in [1.29, 1.82) is 0 Å². The average molecular weight is 159 g/mol. The molecule has 0 aromatic carbocycles. The Morgan fingerprint density at radius 1 is 1.78 bits per heavy atom. The zero-order chi connectivity index (χ0) is 6.53. The molecule has 50 valence electrons. The van der Waals surface area contributed by atoms with Crippen LogP contribution in [0.1, 0.15) is 25.1 Å². The highest BCUT2D eigenvalue weighted by Crippen LogP contribution is 2.24. The molecule has 1 unspecified atom stereocenters. The third kappa shape index (κ3) is 2.47. The number of hydrogen-bond acceptors (Lipinski definition) is 1. The van der Waals surface area contributed by atoms with E-state index in [2.05, 4.69) is 17.9 Å². The van der Waals surface area contributed by atoms with Gasteiger partial charge >= 0.3 is 0 Å². The van der Waals surface area contributed by atoms with E-state index in [-0.39, 0.29) is 0 Å². The van der Waals surface area contributed by atoms with Crippen LogP contribution in [0.5, 0.6) is 0 Å². The minimum Gasteiger partial charge on any atom is -0.244 e. The van der Waals surface area contributed by atoms with Gasteiger partial charge in [-0.15, -0.1) is 0 Å². The molecule has 0 saturated carbocycles. The molecule has 3 heteroatoms. The summed E-state index contributed by atoms with van der Waals surface area (Å²) in [6.45, 7) is 2.23. The van der Waals surface area contributed by atoms with Gasteiger partial charge in [-0.25, -0.2) is 4.75 Å². The van der Waals surface area contributed by atoms with Crippen molar-refractivity contribution in [2.75, 3.05) is 0 Å². The third-order valence-corrected chi connectivity index (χ3v) is 3.73. The van der Waals surface area contributed by atoms with Gasteiger partial charge in [-0.1, -0.05) is 13.3 Å². The Balaban J connectivity index is 2.30. The van der Waals surface area contributed by atoms with Crippen LogP contribution in [0.3, 0.4) is 0 Å². The van der Waals surface area contributed by atoms with E-state index < -0.39 is 0 Å². The Labute approximate surface area is 59.0 Å². The molecule has 0 aliphatic rings. The van der Waals surface area contributed by atoms with Crippen molar-refractivity contribution in [1.82, 2.24) is 4.75 Å². The van der Waals surface area contributed by atoms with E-state index in [1.165, 1.54) is 32.4 Å². The van der Waals surface area contributed by atoms with E-state index in [0.717, 1.165) is 8.03 Å². The molecule has 9 heavy (non-hydrogen) atoms. The van der Waals surface area contributed by atoms with Crippen LogP contribution in [0.15, 0.2) is 6.20 Å². The molecular weight excluding hydrogens is 148 g/mol. The first-order chi connectivity index (χ1) is 4.43.